The highest BCUT2D eigenvalue weighted by atomic mass is 16.2. The van der Waals surface area contributed by atoms with E-state index in [0.717, 1.165) is 38.8 Å². The third-order valence-electron chi connectivity index (χ3n) is 3.96. The Morgan fingerprint density at radius 3 is 2.50 bits per heavy atom. The average molecular weight is 255 g/mol. The number of carbonyl (C=O) groups is 1. The molecule has 1 aliphatic rings. The SMILES string of the molecule is CC1CCC(N)C(C(=O)N(C)CCCN(C)C)C1. The van der Waals surface area contributed by atoms with E-state index in [1.807, 2.05) is 11.9 Å². The lowest BCUT2D eigenvalue weighted by Gasteiger charge is -2.34. The minimum atomic E-state index is 0.0399. The van der Waals surface area contributed by atoms with E-state index in [9.17, 15) is 4.79 Å². The van der Waals surface area contributed by atoms with Gasteiger partial charge in [-0.25, -0.2) is 0 Å². The molecule has 1 aliphatic carbocycles. The van der Waals surface area contributed by atoms with Crippen LogP contribution in [0.25, 0.3) is 0 Å². The van der Waals surface area contributed by atoms with E-state index < -0.39 is 0 Å². The van der Waals surface area contributed by atoms with E-state index in [-0.39, 0.29) is 17.9 Å². The molecular formula is C14H29N3O. The van der Waals surface area contributed by atoms with Gasteiger partial charge in [0.05, 0.1) is 5.92 Å². The summed E-state index contributed by atoms with van der Waals surface area (Å²) >= 11 is 0. The van der Waals surface area contributed by atoms with Crippen LogP contribution in [0, 0.1) is 11.8 Å². The van der Waals surface area contributed by atoms with E-state index in [4.69, 9.17) is 5.73 Å². The van der Waals surface area contributed by atoms with Crippen molar-refractivity contribution < 1.29 is 4.79 Å². The van der Waals surface area contributed by atoms with Gasteiger partial charge < -0.3 is 15.5 Å². The van der Waals surface area contributed by atoms with Crippen LogP contribution in [0.4, 0.5) is 0 Å². The molecule has 1 amide bonds. The van der Waals surface area contributed by atoms with Crippen LogP contribution in [-0.4, -0.2) is 56.0 Å². The Morgan fingerprint density at radius 1 is 1.22 bits per heavy atom. The Hall–Kier alpha value is -0.610. The fourth-order valence-electron chi connectivity index (χ4n) is 2.71. The first-order valence-corrected chi connectivity index (χ1v) is 7.07. The standard InChI is InChI=1S/C14H29N3O/c1-11-6-7-13(15)12(10-11)14(18)17(4)9-5-8-16(2)3/h11-13H,5-10,15H2,1-4H3. The Balaban J connectivity index is 2.41. The van der Waals surface area contributed by atoms with Crippen LogP contribution in [0.2, 0.25) is 0 Å². The highest BCUT2D eigenvalue weighted by Crippen LogP contribution is 2.29. The molecule has 3 unspecified atom stereocenters. The Kier molecular flexibility index (Phi) is 6.09. The molecule has 0 aromatic carbocycles. The fraction of sp³-hybridized carbons (Fsp3) is 0.929. The summed E-state index contributed by atoms with van der Waals surface area (Å²) < 4.78 is 0. The van der Waals surface area contributed by atoms with Gasteiger partial charge in [0, 0.05) is 19.6 Å². The van der Waals surface area contributed by atoms with E-state index in [1.165, 1.54) is 0 Å². The Labute approximate surface area is 111 Å². The van der Waals surface area contributed by atoms with Crippen LogP contribution in [0.1, 0.15) is 32.6 Å². The summed E-state index contributed by atoms with van der Waals surface area (Å²) in [5, 5.41) is 0. The minimum absolute atomic E-state index is 0.0399. The number of hydrogen-bond acceptors (Lipinski definition) is 3. The number of carbonyl (C=O) groups excluding carboxylic acids is 1. The second-order valence-corrected chi connectivity index (χ2v) is 6.11. The quantitative estimate of drug-likeness (QED) is 0.802. The summed E-state index contributed by atoms with van der Waals surface area (Å²) in [7, 11) is 6.02. The summed E-state index contributed by atoms with van der Waals surface area (Å²) in [6, 6.07) is 0.0602. The smallest absolute Gasteiger partial charge is 0.226 e. The zero-order valence-electron chi connectivity index (χ0n) is 12.4. The molecule has 0 radical (unpaired) electrons. The first-order valence-electron chi connectivity index (χ1n) is 7.07. The van der Waals surface area contributed by atoms with Gasteiger partial charge in [-0.15, -0.1) is 0 Å². The third kappa shape index (κ3) is 4.58. The van der Waals surface area contributed by atoms with Gasteiger partial charge in [-0.3, -0.25) is 4.79 Å². The van der Waals surface area contributed by atoms with Gasteiger partial charge in [-0.05, 0) is 52.2 Å². The summed E-state index contributed by atoms with van der Waals surface area (Å²) in [6.45, 7) is 4.07. The molecule has 0 spiro atoms. The lowest BCUT2D eigenvalue weighted by molar-refractivity contribution is -0.136. The summed E-state index contributed by atoms with van der Waals surface area (Å²) in [5.41, 5.74) is 6.10. The number of amides is 1. The lowest BCUT2D eigenvalue weighted by atomic mass is 9.78. The molecule has 3 atom stereocenters. The Morgan fingerprint density at radius 2 is 1.89 bits per heavy atom. The van der Waals surface area contributed by atoms with Crippen molar-refractivity contribution in [1.82, 2.24) is 9.80 Å². The second kappa shape index (κ2) is 7.10. The maximum Gasteiger partial charge on any atom is 0.226 e. The van der Waals surface area contributed by atoms with Crippen molar-refractivity contribution in [2.45, 2.75) is 38.6 Å². The highest BCUT2D eigenvalue weighted by Gasteiger charge is 2.32. The molecule has 4 heteroatoms. The third-order valence-corrected chi connectivity index (χ3v) is 3.96. The first-order chi connectivity index (χ1) is 8.41. The molecule has 2 N–H and O–H groups in total. The monoisotopic (exact) mass is 255 g/mol. The summed E-state index contributed by atoms with van der Waals surface area (Å²) in [5.74, 6) is 0.917. The van der Waals surface area contributed by atoms with Crippen molar-refractivity contribution in [3.05, 3.63) is 0 Å². The zero-order chi connectivity index (χ0) is 13.7. The largest absolute Gasteiger partial charge is 0.345 e. The topological polar surface area (TPSA) is 49.6 Å². The fourth-order valence-corrected chi connectivity index (χ4v) is 2.71. The van der Waals surface area contributed by atoms with Crippen LogP contribution in [0.3, 0.4) is 0 Å². The van der Waals surface area contributed by atoms with Crippen molar-refractivity contribution in [3.63, 3.8) is 0 Å². The van der Waals surface area contributed by atoms with Crippen LogP contribution < -0.4 is 5.73 Å². The molecule has 1 fully saturated rings. The maximum absolute atomic E-state index is 12.4. The second-order valence-electron chi connectivity index (χ2n) is 6.11. The molecule has 106 valence electrons. The molecule has 1 saturated carbocycles. The molecule has 4 nitrogen and oxygen atoms in total. The molecular weight excluding hydrogens is 226 g/mol. The number of nitrogens with two attached hydrogens (primary N) is 1. The molecule has 1 rings (SSSR count). The van der Waals surface area contributed by atoms with Crippen molar-refractivity contribution in [1.29, 1.82) is 0 Å². The lowest BCUT2D eigenvalue weighted by Crippen LogP contribution is -2.46. The van der Waals surface area contributed by atoms with Gasteiger partial charge in [0.1, 0.15) is 0 Å². The van der Waals surface area contributed by atoms with Crippen molar-refractivity contribution in [3.8, 4) is 0 Å². The van der Waals surface area contributed by atoms with Crippen molar-refractivity contribution >= 4 is 5.91 Å². The highest BCUT2D eigenvalue weighted by molar-refractivity contribution is 5.79. The van der Waals surface area contributed by atoms with Gasteiger partial charge >= 0.3 is 0 Å². The van der Waals surface area contributed by atoms with Crippen molar-refractivity contribution in [2.75, 3.05) is 34.2 Å². The average Bonchev–Trinajstić information content (AvgIpc) is 2.30. The normalized spacial score (nSPS) is 28.4. The minimum Gasteiger partial charge on any atom is -0.345 e. The van der Waals surface area contributed by atoms with E-state index >= 15 is 0 Å². The maximum atomic E-state index is 12.4. The predicted octanol–water partition coefficient (Wildman–Crippen LogP) is 1.16. The molecule has 0 aliphatic heterocycles. The van der Waals surface area contributed by atoms with Crippen LogP contribution in [0.5, 0.6) is 0 Å². The van der Waals surface area contributed by atoms with Crippen LogP contribution in [-0.2, 0) is 4.79 Å². The summed E-state index contributed by atoms with van der Waals surface area (Å²) in [6.07, 6.45) is 4.13. The van der Waals surface area contributed by atoms with E-state index in [0.29, 0.717) is 5.92 Å². The summed E-state index contributed by atoms with van der Waals surface area (Å²) in [4.78, 5) is 16.4. The zero-order valence-corrected chi connectivity index (χ0v) is 12.4. The first kappa shape index (κ1) is 15.4. The number of rotatable bonds is 5. The molecule has 0 saturated heterocycles. The van der Waals surface area contributed by atoms with Gasteiger partial charge in [0.15, 0.2) is 0 Å². The van der Waals surface area contributed by atoms with Crippen LogP contribution in [0.15, 0.2) is 0 Å². The van der Waals surface area contributed by atoms with Crippen LogP contribution >= 0.6 is 0 Å². The van der Waals surface area contributed by atoms with Crippen molar-refractivity contribution in [2.24, 2.45) is 17.6 Å². The van der Waals surface area contributed by atoms with Gasteiger partial charge in [-0.1, -0.05) is 6.92 Å². The van der Waals surface area contributed by atoms with Gasteiger partial charge in [0.2, 0.25) is 5.91 Å². The molecule has 0 heterocycles. The molecule has 0 aromatic rings. The van der Waals surface area contributed by atoms with E-state index in [1.54, 1.807) is 0 Å². The van der Waals surface area contributed by atoms with Gasteiger partial charge in [-0.2, -0.15) is 0 Å². The predicted molar refractivity (Wildman–Crippen MR) is 75.3 cm³/mol. The molecule has 0 bridgehead atoms. The molecule has 18 heavy (non-hydrogen) atoms. The van der Waals surface area contributed by atoms with Gasteiger partial charge in [0.25, 0.3) is 0 Å². The van der Waals surface area contributed by atoms with E-state index in [2.05, 4.69) is 25.9 Å². The Bertz CT molecular complexity index is 268. The molecule has 0 aromatic heterocycles. The number of nitrogens with zero attached hydrogens (tertiary/aromatic N) is 2. The number of hydrogen-bond donors (Lipinski definition) is 1.